The summed E-state index contributed by atoms with van der Waals surface area (Å²) in [5.41, 5.74) is 7.27. The first-order chi connectivity index (χ1) is 14.1. The van der Waals surface area contributed by atoms with Gasteiger partial charge in [0.1, 0.15) is 10.8 Å². The van der Waals surface area contributed by atoms with E-state index in [0.717, 1.165) is 53.9 Å². The fourth-order valence-corrected chi connectivity index (χ4v) is 5.38. The summed E-state index contributed by atoms with van der Waals surface area (Å²) in [7, 11) is 0. The Balaban J connectivity index is 1.26. The van der Waals surface area contributed by atoms with Gasteiger partial charge in [0, 0.05) is 48.0 Å². The van der Waals surface area contributed by atoms with Crippen LogP contribution in [0.25, 0.3) is 5.65 Å². The van der Waals surface area contributed by atoms with Crippen LogP contribution in [0, 0.1) is 5.41 Å². The highest BCUT2D eigenvalue weighted by Gasteiger charge is 2.47. The first-order valence-corrected chi connectivity index (χ1v) is 11.0. The van der Waals surface area contributed by atoms with Crippen LogP contribution >= 0.6 is 23.4 Å². The van der Waals surface area contributed by atoms with Crippen molar-refractivity contribution >= 4 is 34.8 Å². The van der Waals surface area contributed by atoms with E-state index in [1.165, 1.54) is 11.8 Å². The molecule has 2 N–H and O–H groups in total. The molecule has 2 atom stereocenters. The van der Waals surface area contributed by atoms with E-state index >= 15 is 0 Å². The number of fused-ring (bicyclic) bond motifs is 1. The largest absolute Gasteiger partial charge is 0.376 e. The number of ether oxygens (including phenoxy) is 1. The highest BCUT2D eigenvalue weighted by atomic mass is 35.5. The maximum atomic E-state index is 6.49. The molecule has 29 heavy (non-hydrogen) atoms. The third-order valence-electron chi connectivity index (χ3n) is 6.23. The van der Waals surface area contributed by atoms with Crippen LogP contribution in [0.15, 0.2) is 47.0 Å². The lowest BCUT2D eigenvalue weighted by molar-refractivity contribution is 0.0974. The number of pyridine rings is 1. The van der Waals surface area contributed by atoms with Crippen molar-refractivity contribution in [3.8, 4) is 0 Å². The lowest BCUT2D eigenvalue weighted by Gasteiger charge is -2.41. The minimum atomic E-state index is 0.112. The molecule has 152 valence electrons. The van der Waals surface area contributed by atoms with Crippen LogP contribution in [0.3, 0.4) is 0 Å². The van der Waals surface area contributed by atoms with Gasteiger partial charge in [0.25, 0.3) is 0 Å². The lowest BCUT2D eigenvalue weighted by Crippen LogP contribution is -2.50. The summed E-state index contributed by atoms with van der Waals surface area (Å²) in [5.74, 6) is 0.902. The molecule has 0 aromatic carbocycles. The van der Waals surface area contributed by atoms with Gasteiger partial charge in [0.2, 0.25) is 0 Å². The predicted molar refractivity (Wildman–Crippen MR) is 114 cm³/mol. The first kappa shape index (κ1) is 19.1. The third-order valence-corrected chi connectivity index (χ3v) is 7.69. The number of anilines is 1. The normalized spacial score (nSPS) is 23.9. The Bertz CT molecular complexity index is 1020. The average molecular weight is 431 g/mol. The summed E-state index contributed by atoms with van der Waals surface area (Å²) in [4.78, 5) is 16.7. The van der Waals surface area contributed by atoms with Crippen LogP contribution in [0.4, 0.5) is 5.82 Å². The Morgan fingerprint density at radius 1 is 1.21 bits per heavy atom. The Hall–Kier alpha value is -1.87. The van der Waals surface area contributed by atoms with Crippen molar-refractivity contribution in [2.75, 3.05) is 24.6 Å². The van der Waals surface area contributed by atoms with Crippen molar-refractivity contribution in [3.05, 3.63) is 42.1 Å². The predicted octanol–water partition coefficient (Wildman–Crippen LogP) is 3.26. The summed E-state index contributed by atoms with van der Waals surface area (Å²) in [6.07, 6.45) is 11.4. The Morgan fingerprint density at radius 2 is 2.03 bits per heavy atom. The molecule has 5 rings (SSSR count). The van der Waals surface area contributed by atoms with E-state index in [2.05, 4.69) is 26.8 Å². The monoisotopic (exact) mass is 430 g/mol. The molecule has 2 aliphatic heterocycles. The quantitative estimate of drug-likeness (QED) is 0.682. The average Bonchev–Trinajstić information content (AvgIpc) is 3.33. The number of hydrogen-bond acceptors (Lipinski definition) is 7. The molecule has 9 heteroatoms. The zero-order chi connectivity index (χ0) is 20.0. The van der Waals surface area contributed by atoms with Crippen LogP contribution < -0.4 is 10.6 Å². The van der Waals surface area contributed by atoms with Gasteiger partial charge in [-0.25, -0.2) is 15.0 Å². The minimum absolute atomic E-state index is 0.112. The Morgan fingerprint density at radius 3 is 2.72 bits per heavy atom. The number of rotatable bonds is 3. The lowest BCUT2D eigenvalue weighted by atomic mass is 9.73. The van der Waals surface area contributed by atoms with Crippen molar-refractivity contribution in [2.45, 2.75) is 41.8 Å². The molecule has 0 aliphatic carbocycles. The first-order valence-electron chi connectivity index (χ1n) is 9.79. The molecule has 0 saturated carbocycles. The second kappa shape index (κ2) is 7.43. The number of piperidine rings is 1. The number of hydrogen-bond donors (Lipinski definition) is 1. The molecule has 7 nitrogen and oxygen atoms in total. The van der Waals surface area contributed by atoms with Gasteiger partial charge in [-0.3, -0.25) is 0 Å². The van der Waals surface area contributed by atoms with Gasteiger partial charge < -0.3 is 19.8 Å². The number of imidazole rings is 1. The zero-order valence-electron chi connectivity index (χ0n) is 16.2. The Labute approximate surface area is 178 Å². The van der Waals surface area contributed by atoms with E-state index in [9.17, 15) is 0 Å². The summed E-state index contributed by atoms with van der Waals surface area (Å²) >= 11 is 7.98. The highest BCUT2D eigenvalue weighted by molar-refractivity contribution is 7.99. The summed E-state index contributed by atoms with van der Waals surface area (Å²) in [5, 5.41) is 1.43. The van der Waals surface area contributed by atoms with E-state index in [4.69, 9.17) is 22.1 Å². The molecular weight excluding hydrogens is 408 g/mol. The molecule has 0 bridgehead atoms. The number of halogens is 1. The molecule has 5 heterocycles. The van der Waals surface area contributed by atoms with Crippen molar-refractivity contribution in [2.24, 2.45) is 11.1 Å². The highest BCUT2D eigenvalue weighted by Crippen LogP contribution is 2.42. The fourth-order valence-electron chi connectivity index (χ4n) is 4.31. The molecule has 3 aromatic heterocycles. The second-order valence-electron chi connectivity index (χ2n) is 7.86. The molecule has 2 fully saturated rings. The maximum Gasteiger partial charge on any atom is 0.156 e. The van der Waals surface area contributed by atoms with Crippen molar-refractivity contribution in [3.63, 3.8) is 0 Å². The number of nitrogens with two attached hydrogens (primary N) is 1. The summed E-state index contributed by atoms with van der Waals surface area (Å²) in [6.45, 7) is 4.69. The maximum absolute atomic E-state index is 6.49. The van der Waals surface area contributed by atoms with E-state index in [1.807, 2.05) is 35.3 Å². The summed E-state index contributed by atoms with van der Waals surface area (Å²) < 4.78 is 7.71. The summed E-state index contributed by atoms with van der Waals surface area (Å²) in [6, 6.07) is 2.08. The van der Waals surface area contributed by atoms with Gasteiger partial charge in [-0.1, -0.05) is 23.4 Å². The van der Waals surface area contributed by atoms with Crippen LogP contribution in [0.2, 0.25) is 5.02 Å². The van der Waals surface area contributed by atoms with Gasteiger partial charge in [0.15, 0.2) is 5.65 Å². The molecule has 2 saturated heterocycles. The standard InChI is InChI=1S/C20H23ClN6OS/c1-13-18(22)20(12-28-13)3-7-26(8-4-20)15-10-25-16(11-24-15)29-14-2-6-27-9-5-23-19(27)17(14)21/h2,5-6,9-11,13,18H,3-4,7-8,12,22H2,1H3/t13-,18+/m0/s1. The Kier molecular flexibility index (Phi) is 4.90. The van der Waals surface area contributed by atoms with Crippen molar-refractivity contribution in [1.29, 1.82) is 0 Å². The SMILES string of the molecule is C[C@@H]1OCC2(CCN(c3cnc(Sc4ccn5ccnc5c4Cl)cn3)CC2)[C@@H]1N. The van der Waals surface area contributed by atoms with Gasteiger partial charge in [-0.05, 0) is 25.8 Å². The van der Waals surface area contributed by atoms with E-state index in [0.29, 0.717) is 5.02 Å². The van der Waals surface area contributed by atoms with Crippen LogP contribution in [0.1, 0.15) is 19.8 Å². The van der Waals surface area contributed by atoms with Gasteiger partial charge in [-0.15, -0.1) is 0 Å². The van der Waals surface area contributed by atoms with E-state index < -0.39 is 0 Å². The second-order valence-corrected chi connectivity index (χ2v) is 9.30. The molecule has 1 spiro atoms. The third kappa shape index (κ3) is 3.38. The zero-order valence-corrected chi connectivity index (χ0v) is 17.7. The van der Waals surface area contributed by atoms with Gasteiger partial charge >= 0.3 is 0 Å². The number of nitrogens with zero attached hydrogens (tertiary/aromatic N) is 5. The smallest absolute Gasteiger partial charge is 0.156 e. The molecule has 2 aliphatic rings. The van der Waals surface area contributed by atoms with Crippen molar-refractivity contribution < 1.29 is 4.74 Å². The van der Waals surface area contributed by atoms with Crippen LogP contribution in [-0.4, -0.2) is 51.2 Å². The van der Waals surface area contributed by atoms with Gasteiger partial charge in [-0.2, -0.15) is 0 Å². The number of aromatic nitrogens is 4. The molecule has 3 aromatic rings. The van der Waals surface area contributed by atoms with Crippen molar-refractivity contribution in [1.82, 2.24) is 19.4 Å². The van der Waals surface area contributed by atoms with Crippen LogP contribution in [0.5, 0.6) is 0 Å². The van der Waals surface area contributed by atoms with E-state index in [1.54, 1.807) is 6.20 Å². The molecule has 0 unspecified atom stereocenters. The minimum Gasteiger partial charge on any atom is -0.376 e. The molecular formula is C20H23ClN6OS. The molecule has 0 radical (unpaired) electrons. The van der Waals surface area contributed by atoms with Crippen LogP contribution in [-0.2, 0) is 4.74 Å². The van der Waals surface area contributed by atoms with E-state index in [-0.39, 0.29) is 17.6 Å². The topological polar surface area (TPSA) is 81.6 Å². The fraction of sp³-hybridized carbons (Fsp3) is 0.450. The van der Waals surface area contributed by atoms with Gasteiger partial charge in [0.05, 0.1) is 30.1 Å². The molecule has 0 amide bonds.